The number of fused-ring (bicyclic) bond motifs is 1. The molecule has 1 atom stereocenters. The molecule has 0 radical (unpaired) electrons. The van der Waals surface area contributed by atoms with Crippen molar-refractivity contribution in [2.45, 2.75) is 83.0 Å². The number of carbonyl (C=O) groups excluding carboxylic acids is 1. The number of rotatable bonds is 6. The number of hydrogen-bond acceptors (Lipinski definition) is 8. The Hall–Kier alpha value is -2.82. The highest BCUT2D eigenvalue weighted by atomic mass is 35.5. The van der Waals surface area contributed by atoms with Crippen LogP contribution in [0.3, 0.4) is 0 Å². The van der Waals surface area contributed by atoms with Gasteiger partial charge in [0.05, 0.1) is 5.02 Å². The van der Waals surface area contributed by atoms with E-state index in [1.165, 1.54) is 32.1 Å². The SMILES string of the molecule is COC1(c2nc3nc(C4NOC(=O)N4)nc(-c4cncc(Cl)c4)c3n2CC2CCC(C)CC2)CCCCC1. The molecule has 11 heteroatoms. The predicted octanol–water partition coefficient (Wildman–Crippen LogP) is 5.42. The van der Waals surface area contributed by atoms with Gasteiger partial charge in [0.25, 0.3) is 0 Å². The van der Waals surface area contributed by atoms with Crippen LogP contribution in [0, 0.1) is 11.8 Å². The van der Waals surface area contributed by atoms with Crippen LogP contribution in [0.5, 0.6) is 0 Å². The number of carbonyl (C=O) groups is 1. The summed E-state index contributed by atoms with van der Waals surface area (Å²) in [4.78, 5) is 35.9. The van der Waals surface area contributed by atoms with Crippen molar-refractivity contribution < 1.29 is 14.4 Å². The van der Waals surface area contributed by atoms with Crippen molar-refractivity contribution in [3.63, 3.8) is 0 Å². The fraction of sp³-hybridized carbons (Fsp3) is 0.593. The Kier molecular flexibility index (Phi) is 6.96. The molecule has 0 aromatic carbocycles. The van der Waals surface area contributed by atoms with Crippen LogP contribution in [0.4, 0.5) is 4.79 Å². The van der Waals surface area contributed by atoms with E-state index in [1.54, 1.807) is 19.5 Å². The van der Waals surface area contributed by atoms with E-state index in [1.807, 2.05) is 6.07 Å². The summed E-state index contributed by atoms with van der Waals surface area (Å²) >= 11 is 6.37. The lowest BCUT2D eigenvalue weighted by molar-refractivity contribution is -0.0541. The molecule has 3 fully saturated rings. The summed E-state index contributed by atoms with van der Waals surface area (Å²) in [7, 11) is 1.80. The molecule has 10 nitrogen and oxygen atoms in total. The van der Waals surface area contributed by atoms with Crippen LogP contribution in [0.15, 0.2) is 18.5 Å². The summed E-state index contributed by atoms with van der Waals surface area (Å²) < 4.78 is 8.62. The van der Waals surface area contributed by atoms with E-state index < -0.39 is 17.9 Å². The molecule has 3 aliphatic rings. The Labute approximate surface area is 226 Å². The number of pyridine rings is 1. The summed E-state index contributed by atoms with van der Waals surface area (Å²) in [6.07, 6.45) is 12.1. The molecule has 6 rings (SSSR count). The zero-order valence-corrected chi connectivity index (χ0v) is 22.6. The lowest BCUT2D eigenvalue weighted by Gasteiger charge is -2.36. The van der Waals surface area contributed by atoms with Gasteiger partial charge in [-0.15, -0.1) is 5.48 Å². The molecule has 1 amide bonds. The number of nitrogens with zero attached hydrogens (tertiary/aromatic N) is 5. The van der Waals surface area contributed by atoms with Gasteiger partial charge in [0, 0.05) is 31.6 Å². The zero-order valence-electron chi connectivity index (χ0n) is 21.9. The number of amides is 1. The predicted molar refractivity (Wildman–Crippen MR) is 142 cm³/mol. The van der Waals surface area contributed by atoms with Crippen molar-refractivity contribution >= 4 is 28.9 Å². The van der Waals surface area contributed by atoms with Crippen LogP contribution in [0.1, 0.15) is 82.5 Å². The summed E-state index contributed by atoms with van der Waals surface area (Å²) in [5, 5.41) is 3.21. The maximum atomic E-state index is 11.8. The van der Waals surface area contributed by atoms with E-state index in [9.17, 15) is 4.79 Å². The fourth-order valence-corrected chi connectivity index (χ4v) is 6.44. The lowest BCUT2D eigenvalue weighted by atomic mass is 9.82. The molecule has 1 saturated heterocycles. The normalized spacial score (nSPS) is 25.3. The second kappa shape index (κ2) is 10.4. The largest absolute Gasteiger partial charge is 0.427 e. The number of halogens is 1. The van der Waals surface area contributed by atoms with E-state index >= 15 is 0 Å². The minimum atomic E-state index is -0.697. The van der Waals surface area contributed by atoms with Gasteiger partial charge in [-0.3, -0.25) is 10.3 Å². The van der Waals surface area contributed by atoms with Crippen LogP contribution >= 0.6 is 11.6 Å². The van der Waals surface area contributed by atoms with E-state index in [2.05, 4.69) is 27.3 Å². The highest BCUT2D eigenvalue weighted by Crippen LogP contribution is 2.43. The Morgan fingerprint density at radius 2 is 1.92 bits per heavy atom. The molecule has 3 aromatic rings. The number of imidazole rings is 1. The summed E-state index contributed by atoms with van der Waals surface area (Å²) in [5.74, 6) is 2.57. The van der Waals surface area contributed by atoms with Crippen LogP contribution < -0.4 is 10.8 Å². The van der Waals surface area contributed by atoms with Gasteiger partial charge in [0.1, 0.15) is 22.6 Å². The zero-order chi connectivity index (χ0) is 26.3. The van der Waals surface area contributed by atoms with Crippen LogP contribution in [-0.4, -0.2) is 37.7 Å². The first kappa shape index (κ1) is 25.5. The van der Waals surface area contributed by atoms with E-state index in [-0.39, 0.29) is 0 Å². The van der Waals surface area contributed by atoms with Gasteiger partial charge in [-0.2, -0.15) is 0 Å². The number of aromatic nitrogens is 5. The van der Waals surface area contributed by atoms with Crippen molar-refractivity contribution in [1.82, 2.24) is 35.3 Å². The van der Waals surface area contributed by atoms with Crippen LogP contribution in [0.25, 0.3) is 22.4 Å². The molecule has 2 N–H and O–H groups in total. The molecule has 1 unspecified atom stereocenters. The maximum absolute atomic E-state index is 11.8. The Bertz CT molecular complexity index is 1330. The quantitative estimate of drug-likeness (QED) is 0.426. The molecule has 202 valence electrons. The summed E-state index contributed by atoms with van der Waals surface area (Å²) in [5.41, 5.74) is 5.03. The molecule has 2 aliphatic carbocycles. The highest BCUT2D eigenvalue weighted by molar-refractivity contribution is 6.30. The molecule has 1 aliphatic heterocycles. The topological polar surface area (TPSA) is 116 Å². The Balaban J connectivity index is 1.57. The standard InChI is InChI=1S/C27H34ClN7O3/c1-16-6-8-17(9-7-16)15-35-21-20(18-12-19(28)14-29-13-18)30-23(24-33-26(36)38-34-24)31-22(21)32-25(35)27(37-2)10-4-3-5-11-27/h12-14,16-17,24,34H,3-11,15H2,1-2H3,(H,33,36). The Morgan fingerprint density at radius 3 is 2.61 bits per heavy atom. The average molecular weight is 540 g/mol. The average Bonchev–Trinajstić information content (AvgIpc) is 3.54. The van der Waals surface area contributed by atoms with Crippen molar-refractivity contribution in [2.75, 3.05) is 7.11 Å². The minimum absolute atomic E-state index is 0.358. The van der Waals surface area contributed by atoms with Gasteiger partial charge in [0.15, 0.2) is 17.6 Å². The highest BCUT2D eigenvalue weighted by Gasteiger charge is 2.40. The first-order chi connectivity index (χ1) is 18.5. The van der Waals surface area contributed by atoms with Crippen LogP contribution in [-0.2, 0) is 21.7 Å². The van der Waals surface area contributed by atoms with Gasteiger partial charge in [-0.05, 0) is 43.6 Å². The van der Waals surface area contributed by atoms with E-state index in [0.29, 0.717) is 28.1 Å². The van der Waals surface area contributed by atoms with Crippen molar-refractivity contribution in [3.05, 3.63) is 35.1 Å². The molecule has 38 heavy (non-hydrogen) atoms. The third kappa shape index (κ3) is 4.74. The maximum Gasteiger partial charge on any atom is 0.427 e. The van der Waals surface area contributed by atoms with E-state index in [4.69, 9.17) is 36.1 Å². The van der Waals surface area contributed by atoms with Gasteiger partial charge < -0.3 is 14.1 Å². The summed E-state index contributed by atoms with van der Waals surface area (Å²) in [6, 6.07) is 1.85. The van der Waals surface area contributed by atoms with Gasteiger partial charge in [-0.1, -0.05) is 50.6 Å². The molecule has 2 saturated carbocycles. The van der Waals surface area contributed by atoms with Crippen molar-refractivity contribution in [3.8, 4) is 11.3 Å². The monoisotopic (exact) mass is 539 g/mol. The second-order valence-electron chi connectivity index (χ2n) is 11.0. The molecule has 0 bridgehead atoms. The minimum Gasteiger partial charge on any atom is -0.370 e. The molecule has 4 heterocycles. The number of nitrogens with one attached hydrogen (secondary N) is 2. The molecule has 3 aromatic heterocycles. The number of hydrogen-bond donors (Lipinski definition) is 2. The third-order valence-electron chi connectivity index (χ3n) is 8.42. The molecular weight excluding hydrogens is 506 g/mol. The Morgan fingerprint density at radius 1 is 1.13 bits per heavy atom. The van der Waals surface area contributed by atoms with Gasteiger partial charge in [-0.25, -0.2) is 19.7 Å². The van der Waals surface area contributed by atoms with Gasteiger partial charge >= 0.3 is 6.09 Å². The van der Waals surface area contributed by atoms with E-state index in [0.717, 1.165) is 55.1 Å². The van der Waals surface area contributed by atoms with Crippen molar-refractivity contribution in [2.24, 2.45) is 11.8 Å². The molecule has 0 spiro atoms. The smallest absolute Gasteiger partial charge is 0.370 e. The van der Waals surface area contributed by atoms with Gasteiger partial charge in [0.2, 0.25) is 0 Å². The first-order valence-electron chi connectivity index (χ1n) is 13.6. The van der Waals surface area contributed by atoms with Crippen LogP contribution in [0.2, 0.25) is 5.02 Å². The lowest BCUT2D eigenvalue weighted by Crippen LogP contribution is -2.35. The van der Waals surface area contributed by atoms with Crippen molar-refractivity contribution in [1.29, 1.82) is 0 Å². The first-order valence-corrected chi connectivity index (χ1v) is 14.0. The number of methoxy groups -OCH3 is 1. The number of ether oxygens (including phenoxy) is 1. The number of hydroxylamine groups is 1. The fourth-order valence-electron chi connectivity index (χ4n) is 6.27. The second-order valence-corrected chi connectivity index (χ2v) is 11.4. The molecular formula is C27H34ClN7O3. The third-order valence-corrected chi connectivity index (χ3v) is 8.63. The summed E-state index contributed by atoms with van der Waals surface area (Å²) in [6.45, 7) is 3.17.